The van der Waals surface area contributed by atoms with Gasteiger partial charge >= 0.3 is 0 Å². The molecule has 0 aliphatic carbocycles. The van der Waals surface area contributed by atoms with Crippen LogP contribution in [0.25, 0.3) is 0 Å². The Labute approximate surface area is 156 Å². The maximum atomic E-state index is 12.7. The van der Waals surface area contributed by atoms with Gasteiger partial charge in [-0.25, -0.2) is 17.0 Å². The van der Waals surface area contributed by atoms with Crippen molar-refractivity contribution in [1.82, 2.24) is 0 Å². The van der Waals surface area contributed by atoms with Gasteiger partial charge in [0.25, 0.3) is 0 Å². The summed E-state index contributed by atoms with van der Waals surface area (Å²) in [6.07, 6.45) is 2.16. The lowest BCUT2D eigenvalue weighted by Gasteiger charge is -2.04. The molecule has 0 heterocycles. The maximum Gasteiger partial charge on any atom is 0.218 e. The molecule has 0 fully saturated rings. The van der Waals surface area contributed by atoms with Gasteiger partial charge in [-0.1, -0.05) is 23.2 Å². The van der Waals surface area contributed by atoms with Crippen LogP contribution in [0.5, 0.6) is 0 Å². The molecule has 1 atom stereocenters. The standard InChI is InChI=1S/C16H12Cl2N2O3S2/c1-24(21,14-6-2-12(17)3-7-14)20-11-16(10-19)25(22,23)15-8-4-13(18)5-9-15/h2-9,11H,1H3. The van der Waals surface area contributed by atoms with Gasteiger partial charge < -0.3 is 0 Å². The molecule has 0 saturated carbocycles. The molecule has 1 unspecified atom stereocenters. The van der Waals surface area contributed by atoms with E-state index in [0.717, 1.165) is 6.20 Å². The first-order valence-corrected chi connectivity index (χ1v) is 10.9. The van der Waals surface area contributed by atoms with Crippen LogP contribution in [-0.4, -0.2) is 18.9 Å². The maximum absolute atomic E-state index is 12.7. The Hall–Kier alpha value is -1.85. The molecule has 5 nitrogen and oxygen atoms in total. The van der Waals surface area contributed by atoms with Crippen molar-refractivity contribution in [2.24, 2.45) is 4.36 Å². The van der Waals surface area contributed by atoms with Crippen LogP contribution >= 0.6 is 23.2 Å². The minimum absolute atomic E-state index is 0.103. The van der Waals surface area contributed by atoms with Gasteiger partial charge in [0.2, 0.25) is 9.84 Å². The molecule has 25 heavy (non-hydrogen) atoms. The molecule has 0 amide bonds. The largest absolute Gasteiger partial charge is 0.245 e. The second-order valence-electron chi connectivity index (χ2n) is 4.92. The van der Waals surface area contributed by atoms with Gasteiger partial charge in [-0.3, -0.25) is 0 Å². The van der Waals surface area contributed by atoms with Crippen molar-refractivity contribution in [1.29, 1.82) is 5.26 Å². The lowest BCUT2D eigenvalue weighted by Crippen LogP contribution is -2.04. The molecule has 130 valence electrons. The third-order valence-electron chi connectivity index (χ3n) is 3.15. The molecule has 2 aromatic rings. The fraction of sp³-hybridized carbons (Fsp3) is 0.0625. The van der Waals surface area contributed by atoms with E-state index in [0.29, 0.717) is 14.9 Å². The third kappa shape index (κ3) is 4.61. The number of rotatable bonds is 4. The first-order chi connectivity index (χ1) is 11.7. The molecule has 2 rings (SSSR count). The average molecular weight is 415 g/mol. The van der Waals surface area contributed by atoms with Gasteiger partial charge in [0.15, 0.2) is 4.91 Å². The van der Waals surface area contributed by atoms with Crippen LogP contribution in [-0.2, 0) is 19.6 Å². The first kappa shape index (κ1) is 19.5. The van der Waals surface area contributed by atoms with Crippen molar-refractivity contribution >= 4 is 42.8 Å². The molecule has 0 aliphatic heterocycles. The third-order valence-corrected chi connectivity index (χ3v) is 6.97. The van der Waals surface area contributed by atoms with Crippen LogP contribution < -0.4 is 0 Å². The van der Waals surface area contributed by atoms with Gasteiger partial charge in [0.1, 0.15) is 6.07 Å². The zero-order chi connectivity index (χ0) is 18.7. The second kappa shape index (κ2) is 7.58. The number of hydrogen-bond donors (Lipinski definition) is 0. The van der Waals surface area contributed by atoms with E-state index in [9.17, 15) is 17.9 Å². The van der Waals surface area contributed by atoms with Crippen LogP contribution in [0.4, 0.5) is 0 Å². The summed E-state index contributed by atoms with van der Waals surface area (Å²) >= 11 is 11.5. The van der Waals surface area contributed by atoms with Crippen LogP contribution in [0.1, 0.15) is 0 Å². The smallest absolute Gasteiger partial charge is 0.218 e. The summed E-state index contributed by atoms with van der Waals surface area (Å²) in [5, 5.41) is 10.0. The number of nitrogens with zero attached hydrogens (tertiary/aromatic N) is 2. The predicted molar refractivity (Wildman–Crippen MR) is 98.5 cm³/mol. The van der Waals surface area contributed by atoms with Crippen LogP contribution in [0.2, 0.25) is 10.0 Å². The fourth-order valence-corrected chi connectivity index (χ4v) is 4.24. The Kier molecular flexibility index (Phi) is 5.91. The first-order valence-electron chi connectivity index (χ1n) is 6.74. The quantitative estimate of drug-likeness (QED) is 0.697. The van der Waals surface area contributed by atoms with Crippen molar-refractivity contribution in [2.75, 3.05) is 6.26 Å². The number of hydrogen-bond acceptors (Lipinski definition) is 5. The fourth-order valence-electron chi connectivity index (χ4n) is 1.80. The Morgan fingerprint density at radius 2 is 1.40 bits per heavy atom. The van der Waals surface area contributed by atoms with Crippen LogP contribution in [0, 0.1) is 11.3 Å². The summed E-state index contributed by atoms with van der Waals surface area (Å²) in [5.74, 6) is 0. The highest BCUT2D eigenvalue weighted by molar-refractivity contribution is 7.95. The van der Waals surface area contributed by atoms with Gasteiger partial charge in [-0.05, 0) is 48.5 Å². The Morgan fingerprint density at radius 1 is 0.960 bits per heavy atom. The number of sulfone groups is 1. The van der Waals surface area contributed by atoms with E-state index in [1.165, 1.54) is 42.7 Å². The summed E-state index contributed by atoms with van der Waals surface area (Å²) in [4.78, 5) is -0.346. The zero-order valence-corrected chi connectivity index (χ0v) is 16.0. The summed E-state index contributed by atoms with van der Waals surface area (Å²) in [6.45, 7) is 0. The van der Waals surface area contributed by atoms with Gasteiger partial charge in [0.05, 0.1) is 20.8 Å². The lowest BCUT2D eigenvalue weighted by atomic mass is 10.4. The molecule has 0 N–H and O–H groups in total. The van der Waals surface area contributed by atoms with E-state index in [1.54, 1.807) is 18.2 Å². The van der Waals surface area contributed by atoms with E-state index < -0.39 is 24.5 Å². The number of allylic oxidation sites excluding steroid dienone is 1. The van der Waals surface area contributed by atoms with Gasteiger partial charge in [0, 0.05) is 21.2 Å². The van der Waals surface area contributed by atoms with Crippen molar-refractivity contribution in [2.45, 2.75) is 9.79 Å². The van der Waals surface area contributed by atoms with Crippen molar-refractivity contribution in [3.05, 3.63) is 69.7 Å². The molecule has 9 heteroatoms. The number of halogens is 2. The summed E-state index contributed by atoms with van der Waals surface area (Å²) < 4.78 is 41.4. The minimum atomic E-state index is -4.08. The second-order valence-corrected chi connectivity index (χ2v) is 10.0. The highest BCUT2D eigenvalue weighted by Crippen LogP contribution is 2.22. The SMILES string of the molecule is CS(=O)(=NC=C(C#N)S(=O)(=O)c1ccc(Cl)cc1)c1ccc(Cl)cc1. The Morgan fingerprint density at radius 3 is 1.84 bits per heavy atom. The van der Waals surface area contributed by atoms with E-state index in [4.69, 9.17) is 23.2 Å². The molecule has 0 aliphatic rings. The lowest BCUT2D eigenvalue weighted by molar-refractivity contribution is 0.603. The van der Waals surface area contributed by atoms with E-state index in [-0.39, 0.29) is 4.90 Å². The molecule has 0 radical (unpaired) electrons. The monoisotopic (exact) mass is 414 g/mol. The van der Waals surface area contributed by atoms with E-state index >= 15 is 0 Å². The van der Waals surface area contributed by atoms with E-state index in [1.807, 2.05) is 0 Å². The zero-order valence-electron chi connectivity index (χ0n) is 12.9. The predicted octanol–water partition coefficient (Wildman–Crippen LogP) is 4.29. The Bertz CT molecular complexity index is 1080. The average Bonchev–Trinajstić information content (AvgIpc) is 2.56. The summed E-state index contributed by atoms with van der Waals surface area (Å²) in [6, 6.07) is 13.1. The number of nitriles is 1. The van der Waals surface area contributed by atoms with Crippen LogP contribution in [0.15, 0.2) is 73.8 Å². The molecule has 0 aromatic heterocycles. The normalized spacial score (nSPS) is 14.4. The molecule has 0 spiro atoms. The number of benzene rings is 2. The van der Waals surface area contributed by atoms with E-state index in [2.05, 4.69) is 4.36 Å². The highest BCUT2D eigenvalue weighted by atomic mass is 35.5. The van der Waals surface area contributed by atoms with Crippen molar-refractivity contribution in [3.8, 4) is 6.07 Å². The topological polar surface area (TPSA) is 87.4 Å². The molecule has 0 saturated heterocycles. The van der Waals surface area contributed by atoms with Gasteiger partial charge in [-0.15, -0.1) is 0 Å². The molecular weight excluding hydrogens is 403 g/mol. The Balaban J connectivity index is 2.49. The molecule has 0 bridgehead atoms. The van der Waals surface area contributed by atoms with Crippen LogP contribution in [0.3, 0.4) is 0 Å². The summed E-state index contributed by atoms with van der Waals surface area (Å²) in [5.41, 5.74) is 0. The minimum Gasteiger partial charge on any atom is -0.245 e. The highest BCUT2D eigenvalue weighted by Gasteiger charge is 2.21. The summed E-state index contributed by atoms with van der Waals surface area (Å²) in [7, 11) is -7.01. The van der Waals surface area contributed by atoms with Crippen molar-refractivity contribution in [3.63, 3.8) is 0 Å². The molecular formula is C16H12Cl2N2O3S2. The van der Waals surface area contributed by atoms with Crippen molar-refractivity contribution < 1.29 is 12.6 Å². The molecule has 2 aromatic carbocycles. The van der Waals surface area contributed by atoms with Gasteiger partial charge in [-0.2, -0.15) is 5.26 Å².